The van der Waals surface area contributed by atoms with Crippen LogP contribution in [0.4, 0.5) is 0 Å². The Kier molecular flexibility index (Phi) is 2.82. The van der Waals surface area contributed by atoms with Gasteiger partial charge in [-0.15, -0.1) is 0 Å². The standard InChI is InChI=1S/C12H15NO/c1-10-9-12(14-13-10)8-7-11-5-3-2-4-6-11/h2-6,12H,7-9H2,1H3/t12-/m1/s1. The summed E-state index contributed by atoms with van der Waals surface area (Å²) in [5, 5.41) is 3.95. The van der Waals surface area contributed by atoms with Crippen molar-refractivity contribution >= 4 is 5.71 Å². The van der Waals surface area contributed by atoms with E-state index in [0.29, 0.717) is 6.10 Å². The zero-order chi connectivity index (χ0) is 9.80. The third-order valence-electron chi connectivity index (χ3n) is 2.48. The van der Waals surface area contributed by atoms with Gasteiger partial charge in [0.25, 0.3) is 0 Å². The average molecular weight is 189 g/mol. The SMILES string of the molecule is CC1=NO[C@H](CCc2ccccc2)C1. The van der Waals surface area contributed by atoms with Gasteiger partial charge in [0, 0.05) is 6.42 Å². The van der Waals surface area contributed by atoms with Crippen LogP contribution in [-0.4, -0.2) is 11.8 Å². The highest BCUT2D eigenvalue weighted by Gasteiger charge is 2.17. The largest absolute Gasteiger partial charge is 0.392 e. The number of hydrogen-bond acceptors (Lipinski definition) is 2. The molecule has 2 nitrogen and oxygen atoms in total. The number of nitrogens with zero attached hydrogens (tertiary/aromatic N) is 1. The first-order valence-corrected chi connectivity index (χ1v) is 5.08. The third kappa shape index (κ3) is 2.34. The lowest BCUT2D eigenvalue weighted by Gasteiger charge is -2.07. The zero-order valence-electron chi connectivity index (χ0n) is 8.44. The normalized spacial score (nSPS) is 20.4. The van der Waals surface area contributed by atoms with Crippen LogP contribution in [0.3, 0.4) is 0 Å². The fraction of sp³-hybridized carbons (Fsp3) is 0.417. The minimum Gasteiger partial charge on any atom is -0.392 e. The van der Waals surface area contributed by atoms with Gasteiger partial charge in [0.05, 0.1) is 5.71 Å². The minimum atomic E-state index is 0.301. The van der Waals surface area contributed by atoms with Crippen LogP contribution in [0.1, 0.15) is 25.3 Å². The van der Waals surface area contributed by atoms with Crippen molar-refractivity contribution in [1.29, 1.82) is 0 Å². The van der Waals surface area contributed by atoms with E-state index in [4.69, 9.17) is 4.84 Å². The Morgan fingerprint density at radius 1 is 1.36 bits per heavy atom. The molecule has 0 aromatic heterocycles. The van der Waals surface area contributed by atoms with Crippen molar-refractivity contribution in [3.63, 3.8) is 0 Å². The molecule has 1 aromatic rings. The summed E-state index contributed by atoms with van der Waals surface area (Å²) >= 11 is 0. The molecule has 2 rings (SSSR count). The van der Waals surface area contributed by atoms with Crippen molar-refractivity contribution in [2.24, 2.45) is 5.16 Å². The van der Waals surface area contributed by atoms with Gasteiger partial charge in [-0.25, -0.2) is 0 Å². The number of hydrogen-bond donors (Lipinski definition) is 0. The Bertz CT molecular complexity index is 318. The topological polar surface area (TPSA) is 21.6 Å². The second-order valence-electron chi connectivity index (χ2n) is 3.78. The molecule has 1 heterocycles. The highest BCUT2D eigenvalue weighted by Crippen LogP contribution is 2.16. The Balaban J connectivity index is 1.79. The fourth-order valence-electron chi connectivity index (χ4n) is 1.70. The van der Waals surface area contributed by atoms with Gasteiger partial charge in [-0.05, 0) is 25.3 Å². The maximum Gasteiger partial charge on any atom is 0.133 e. The molecule has 2 heteroatoms. The van der Waals surface area contributed by atoms with Gasteiger partial charge < -0.3 is 4.84 Å². The highest BCUT2D eigenvalue weighted by molar-refractivity contribution is 5.82. The lowest BCUT2D eigenvalue weighted by molar-refractivity contribution is 0.0794. The highest BCUT2D eigenvalue weighted by atomic mass is 16.6. The van der Waals surface area contributed by atoms with E-state index in [9.17, 15) is 0 Å². The molecule has 0 amide bonds. The van der Waals surface area contributed by atoms with Crippen LogP contribution in [0.15, 0.2) is 35.5 Å². The molecule has 0 unspecified atom stereocenters. The maximum absolute atomic E-state index is 5.27. The van der Waals surface area contributed by atoms with Gasteiger partial charge >= 0.3 is 0 Å². The van der Waals surface area contributed by atoms with Crippen molar-refractivity contribution in [1.82, 2.24) is 0 Å². The monoisotopic (exact) mass is 189 g/mol. The molecule has 0 fully saturated rings. The van der Waals surface area contributed by atoms with E-state index in [1.807, 2.05) is 13.0 Å². The molecule has 1 atom stereocenters. The van der Waals surface area contributed by atoms with Gasteiger partial charge in [-0.1, -0.05) is 35.5 Å². The van der Waals surface area contributed by atoms with Crippen LogP contribution in [0.2, 0.25) is 0 Å². The van der Waals surface area contributed by atoms with Gasteiger partial charge in [-0.3, -0.25) is 0 Å². The predicted molar refractivity (Wildman–Crippen MR) is 57.4 cm³/mol. The number of oxime groups is 1. The molecule has 1 aliphatic rings. The van der Waals surface area contributed by atoms with Gasteiger partial charge in [0.2, 0.25) is 0 Å². The quantitative estimate of drug-likeness (QED) is 0.716. The molecule has 1 aromatic carbocycles. The predicted octanol–water partition coefficient (Wildman–Crippen LogP) is 2.78. The smallest absolute Gasteiger partial charge is 0.133 e. The van der Waals surface area contributed by atoms with E-state index in [1.165, 1.54) is 5.56 Å². The van der Waals surface area contributed by atoms with Crippen LogP contribution in [0.25, 0.3) is 0 Å². The van der Waals surface area contributed by atoms with Crippen molar-refractivity contribution in [3.8, 4) is 0 Å². The molecule has 0 saturated heterocycles. The average Bonchev–Trinajstić information content (AvgIpc) is 2.63. The van der Waals surface area contributed by atoms with Crippen LogP contribution >= 0.6 is 0 Å². The molecule has 0 spiro atoms. The molecule has 14 heavy (non-hydrogen) atoms. The number of aryl methyl sites for hydroxylation is 1. The van der Waals surface area contributed by atoms with Crippen LogP contribution in [0, 0.1) is 0 Å². The second-order valence-corrected chi connectivity index (χ2v) is 3.78. The number of benzene rings is 1. The van der Waals surface area contributed by atoms with Crippen molar-refractivity contribution < 1.29 is 4.84 Å². The molecular formula is C12H15NO. The summed E-state index contributed by atoms with van der Waals surface area (Å²) in [7, 11) is 0. The lowest BCUT2D eigenvalue weighted by Crippen LogP contribution is -2.07. The first kappa shape index (κ1) is 9.25. The van der Waals surface area contributed by atoms with E-state index in [2.05, 4.69) is 29.4 Å². The molecule has 0 radical (unpaired) electrons. The Hall–Kier alpha value is -1.31. The third-order valence-corrected chi connectivity index (χ3v) is 2.48. The lowest BCUT2D eigenvalue weighted by atomic mass is 10.0. The van der Waals surface area contributed by atoms with E-state index < -0.39 is 0 Å². The number of rotatable bonds is 3. The molecule has 74 valence electrons. The molecule has 1 aliphatic heterocycles. The van der Waals surface area contributed by atoms with E-state index in [-0.39, 0.29) is 0 Å². The van der Waals surface area contributed by atoms with E-state index in [1.54, 1.807) is 0 Å². The summed E-state index contributed by atoms with van der Waals surface area (Å²) in [6.07, 6.45) is 3.43. The summed E-state index contributed by atoms with van der Waals surface area (Å²) < 4.78 is 0. The van der Waals surface area contributed by atoms with Gasteiger partial charge in [0.15, 0.2) is 0 Å². The maximum atomic E-state index is 5.27. The molecule has 0 saturated carbocycles. The first-order chi connectivity index (χ1) is 6.84. The Morgan fingerprint density at radius 2 is 2.14 bits per heavy atom. The first-order valence-electron chi connectivity index (χ1n) is 5.08. The summed E-state index contributed by atoms with van der Waals surface area (Å²) in [5.41, 5.74) is 2.49. The van der Waals surface area contributed by atoms with E-state index in [0.717, 1.165) is 25.0 Å². The van der Waals surface area contributed by atoms with Crippen LogP contribution in [0.5, 0.6) is 0 Å². The Morgan fingerprint density at radius 3 is 2.79 bits per heavy atom. The molecule has 0 aliphatic carbocycles. The molecule has 0 N–H and O–H groups in total. The Labute approximate surface area is 84.6 Å². The van der Waals surface area contributed by atoms with Crippen molar-refractivity contribution in [2.75, 3.05) is 0 Å². The van der Waals surface area contributed by atoms with Crippen LogP contribution < -0.4 is 0 Å². The van der Waals surface area contributed by atoms with Gasteiger partial charge in [0.1, 0.15) is 6.10 Å². The van der Waals surface area contributed by atoms with E-state index >= 15 is 0 Å². The summed E-state index contributed by atoms with van der Waals surface area (Å²) in [6, 6.07) is 10.5. The summed E-state index contributed by atoms with van der Waals surface area (Å²) in [4.78, 5) is 5.27. The van der Waals surface area contributed by atoms with Crippen LogP contribution in [-0.2, 0) is 11.3 Å². The summed E-state index contributed by atoms with van der Waals surface area (Å²) in [5.74, 6) is 0. The second kappa shape index (κ2) is 4.27. The molecular weight excluding hydrogens is 174 g/mol. The van der Waals surface area contributed by atoms with Gasteiger partial charge in [-0.2, -0.15) is 0 Å². The van der Waals surface area contributed by atoms with Crippen molar-refractivity contribution in [3.05, 3.63) is 35.9 Å². The fourth-order valence-corrected chi connectivity index (χ4v) is 1.70. The zero-order valence-corrected chi connectivity index (χ0v) is 8.44. The molecule has 0 bridgehead atoms. The minimum absolute atomic E-state index is 0.301. The summed E-state index contributed by atoms with van der Waals surface area (Å²) in [6.45, 7) is 2.02. The van der Waals surface area contributed by atoms with Crippen molar-refractivity contribution in [2.45, 2.75) is 32.3 Å².